The van der Waals surface area contributed by atoms with Gasteiger partial charge in [-0.05, 0) is 48.6 Å². The summed E-state index contributed by atoms with van der Waals surface area (Å²) in [5.41, 5.74) is 1.48. The van der Waals surface area contributed by atoms with Gasteiger partial charge in [-0.25, -0.2) is 0 Å². The number of azo groups is 1. The van der Waals surface area contributed by atoms with Crippen molar-refractivity contribution in [3.05, 3.63) is 54.6 Å². The number of hydrogen-bond acceptors (Lipinski definition) is 4. The number of alkyl halides is 3. The van der Waals surface area contributed by atoms with E-state index < -0.39 is 15.4 Å². The van der Waals surface area contributed by atoms with Crippen molar-refractivity contribution in [3.8, 4) is 0 Å². The topological polar surface area (TPSA) is 77.9 Å². The highest BCUT2D eigenvalue weighted by atomic mass is 35.6. The molecule has 2 aromatic rings. The van der Waals surface area contributed by atoms with Crippen LogP contribution in [0.4, 0.5) is 17.1 Å². The first-order chi connectivity index (χ1) is 13.9. The molecule has 0 saturated heterocycles. The number of halogens is 3. The number of anilines is 1. The van der Waals surface area contributed by atoms with E-state index in [0.717, 1.165) is 5.69 Å². The number of thiocarbonyl (C=S) groups is 1. The third-order valence-corrected chi connectivity index (χ3v) is 4.60. The fourth-order valence-electron chi connectivity index (χ4n) is 2.07. The van der Waals surface area contributed by atoms with Gasteiger partial charge in [0.1, 0.15) is 6.17 Å². The number of hydrogen-bond donors (Lipinski definition) is 3. The Hall–Kier alpha value is -1.93. The molecule has 0 fully saturated rings. The highest BCUT2D eigenvalue weighted by Gasteiger charge is 2.36. The van der Waals surface area contributed by atoms with Gasteiger partial charge in [-0.2, -0.15) is 10.2 Å². The van der Waals surface area contributed by atoms with E-state index in [2.05, 4.69) is 26.2 Å². The van der Waals surface area contributed by atoms with Gasteiger partial charge in [0, 0.05) is 11.1 Å². The number of carbonyl (C=O) groups excluding carboxylic acids is 1. The number of carbonyl (C=O) groups is 1. The van der Waals surface area contributed by atoms with Crippen molar-refractivity contribution in [3.63, 3.8) is 0 Å². The third kappa shape index (κ3) is 8.07. The molecular formula is C20H22Cl3N5OS. The molecule has 0 aliphatic heterocycles. The van der Waals surface area contributed by atoms with Gasteiger partial charge in [0.25, 0.3) is 0 Å². The second-order valence-corrected chi connectivity index (χ2v) is 10.2. The number of nitrogens with one attached hydrogen (secondary N) is 3. The molecular weight excluding hydrogens is 465 g/mol. The molecule has 10 heteroatoms. The summed E-state index contributed by atoms with van der Waals surface area (Å²) < 4.78 is -1.81. The van der Waals surface area contributed by atoms with Gasteiger partial charge in [-0.15, -0.1) is 0 Å². The van der Waals surface area contributed by atoms with E-state index in [0.29, 0.717) is 11.4 Å². The second-order valence-electron chi connectivity index (χ2n) is 7.38. The molecule has 2 rings (SSSR count). The zero-order valence-corrected chi connectivity index (χ0v) is 19.7. The lowest BCUT2D eigenvalue weighted by Crippen LogP contribution is -2.58. The number of benzene rings is 2. The van der Waals surface area contributed by atoms with E-state index in [9.17, 15) is 4.79 Å². The van der Waals surface area contributed by atoms with Crippen LogP contribution in [0.3, 0.4) is 0 Å². The molecule has 6 nitrogen and oxygen atoms in total. The van der Waals surface area contributed by atoms with Crippen LogP contribution in [0.25, 0.3) is 0 Å². The molecule has 0 aliphatic carbocycles. The SMILES string of the molecule is CC(C)(C)C(=O)N[C@@H](NC(=S)Nc1ccc(N=Nc2ccccc2)cc1)C(Cl)(Cl)Cl. The molecule has 1 atom stereocenters. The first-order valence-corrected chi connectivity index (χ1v) is 10.5. The van der Waals surface area contributed by atoms with Crippen LogP contribution in [0.2, 0.25) is 0 Å². The Kier molecular flexibility index (Phi) is 8.43. The Labute approximate surface area is 196 Å². The summed E-state index contributed by atoms with van der Waals surface area (Å²) in [6.45, 7) is 5.26. The Morgan fingerprint density at radius 3 is 1.93 bits per heavy atom. The predicted molar refractivity (Wildman–Crippen MR) is 128 cm³/mol. The highest BCUT2D eigenvalue weighted by Crippen LogP contribution is 2.30. The molecule has 0 saturated carbocycles. The zero-order valence-electron chi connectivity index (χ0n) is 16.6. The summed E-state index contributed by atoms with van der Waals surface area (Å²) in [7, 11) is 0. The summed E-state index contributed by atoms with van der Waals surface area (Å²) in [5, 5.41) is 17.0. The number of rotatable bonds is 5. The average molecular weight is 487 g/mol. The van der Waals surface area contributed by atoms with Crippen molar-refractivity contribution < 1.29 is 4.79 Å². The number of amides is 1. The molecule has 0 radical (unpaired) electrons. The molecule has 2 aromatic carbocycles. The molecule has 160 valence electrons. The van der Waals surface area contributed by atoms with Gasteiger partial charge in [0.15, 0.2) is 5.11 Å². The summed E-state index contributed by atoms with van der Waals surface area (Å²) >= 11 is 23.3. The van der Waals surface area contributed by atoms with Crippen LogP contribution >= 0.6 is 47.0 Å². The summed E-state index contributed by atoms with van der Waals surface area (Å²) in [6.07, 6.45) is -1.02. The third-order valence-electron chi connectivity index (χ3n) is 3.72. The van der Waals surface area contributed by atoms with Crippen LogP contribution in [0.1, 0.15) is 20.8 Å². The Bertz CT molecular complexity index is 893. The van der Waals surface area contributed by atoms with Crippen molar-refractivity contribution in [1.29, 1.82) is 0 Å². The second kappa shape index (κ2) is 10.4. The molecule has 0 spiro atoms. The number of nitrogens with zero attached hydrogens (tertiary/aromatic N) is 2. The summed E-state index contributed by atoms with van der Waals surface area (Å²) in [6, 6.07) is 16.6. The Balaban J connectivity index is 1.98. The average Bonchev–Trinajstić information content (AvgIpc) is 2.66. The molecule has 0 heterocycles. The minimum atomic E-state index is -1.81. The monoisotopic (exact) mass is 485 g/mol. The molecule has 0 aromatic heterocycles. The van der Waals surface area contributed by atoms with E-state index in [1.807, 2.05) is 30.3 Å². The normalized spacial score (nSPS) is 13.0. The van der Waals surface area contributed by atoms with Gasteiger partial charge >= 0.3 is 0 Å². The minimum Gasteiger partial charge on any atom is -0.339 e. The van der Waals surface area contributed by atoms with Gasteiger partial charge in [-0.1, -0.05) is 73.8 Å². The van der Waals surface area contributed by atoms with Crippen LogP contribution in [0, 0.1) is 5.41 Å². The molecule has 0 bridgehead atoms. The van der Waals surface area contributed by atoms with Crippen LogP contribution in [-0.4, -0.2) is 21.0 Å². The summed E-state index contributed by atoms with van der Waals surface area (Å²) in [5.74, 6) is -0.290. The maximum atomic E-state index is 12.3. The maximum Gasteiger partial charge on any atom is 0.228 e. The lowest BCUT2D eigenvalue weighted by Gasteiger charge is -2.30. The van der Waals surface area contributed by atoms with Crippen molar-refractivity contribution in [2.75, 3.05) is 5.32 Å². The van der Waals surface area contributed by atoms with Crippen LogP contribution in [0.15, 0.2) is 64.8 Å². The first-order valence-electron chi connectivity index (χ1n) is 8.97. The molecule has 3 N–H and O–H groups in total. The smallest absolute Gasteiger partial charge is 0.228 e. The van der Waals surface area contributed by atoms with E-state index in [1.54, 1.807) is 45.0 Å². The van der Waals surface area contributed by atoms with Crippen LogP contribution in [-0.2, 0) is 4.79 Å². The highest BCUT2D eigenvalue weighted by molar-refractivity contribution is 7.80. The largest absolute Gasteiger partial charge is 0.339 e. The Morgan fingerprint density at radius 1 is 0.900 bits per heavy atom. The fourth-order valence-corrected chi connectivity index (χ4v) is 2.63. The van der Waals surface area contributed by atoms with E-state index >= 15 is 0 Å². The van der Waals surface area contributed by atoms with Crippen molar-refractivity contribution in [1.82, 2.24) is 10.6 Å². The predicted octanol–water partition coefficient (Wildman–Crippen LogP) is 6.25. The van der Waals surface area contributed by atoms with Crippen LogP contribution in [0.5, 0.6) is 0 Å². The van der Waals surface area contributed by atoms with E-state index in [-0.39, 0.29) is 11.0 Å². The van der Waals surface area contributed by atoms with Crippen LogP contribution < -0.4 is 16.0 Å². The molecule has 1 amide bonds. The van der Waals surface area contributed by atoms with Crippen molar-refractivity contribution in [2.24, 2.45) is 15.6 Å². The quantitative estimate of drug-likeness (QED) is 0.202. The van der Waals surface area contributed by atoms with Gasteiger partial charge in [0.2, 0.25) is 9.70 Å². The van der Waals surface area contributed by atoms with E-state index in [1.165, 1.54) is 0 Å². The van der Waals surface area contributed by atoms with Gasteiger partial charge in [-0.3, -0.25) is 4.79 Å². The minimum absolute atomic E-state index is 0.180. The van der Waals surface area contributed by atoms with Gasteiger partial charge < -0.3 is 16.0 Å². The van der Waals surface area contributed by atoms with Gasteiger partial charge in [0.05, 0.1) is 11.4 Å². The van der Waals surface area contributed by atoms with Crippen molar-refractivity contribution >= 4 is 75.1 Å². The molecule has 0 unspecified atom stereocenters. The maximum absolute atomic E-state index is 12.3. The summed E-state index contributed by atoms with van der Waals surface area (Å²) in [4.78, 5) is 12.3. The molecule has 0 aliphatic rings. The zero-order chi connectivity index (χ0) is 22.4. The lowest BCUT2D eigenvalue weighted by atomic mass is 9.95. The van der Waals surface area contributed by atoms with E-state index in [4.69, 9.17) is 47.0 Å². The molecule has 30 heavy (non-hydrogen) atoms. The Morgan fingerprint density at radius 2 is 1.43 bits per heavy atom. The standard InChI is InChI=1S/C20H22Cl3N5OS/c1-19(2,3)17(29)25-16(20(21,22)23)26-18(30)24-13-9-11-15(12-10-13)28-27-14-7-5-4-6-8-14/h4-12,16H,1-3H3,(H,25,29)(H2,24,26,30)/t16-/m0/s1. The van der Waals surface area contributed by atoms with Crippen molar-refractivity contribution in [2.45, 2.75) is 30.7 Å². The fraction of sp³-hybridized carbons (Fsp3) is 0.300. The first kappa shape index (κ1) is 24.3. The lowest BCUT2D eigenvalue weighted by molar-refractivity contribution is -0.129.